The van der Waals surface area contributed by atoms with Crippen molar-refractivity contribution in [3.63, 3.8) is 0 Å². The van der Waals surface area contributed by atoms with E-state index in [-0.39, 0.29) is 5.95 Å². The minimum Gasteiger partial charge on any atom is -0.376 e. The van der Waals surface area contributed by atoms with Crippen LogP contribution >= 0.6 is 11.6 Å². The zero-order chi connectivity index (χ0) is 17.6. The second-order valence-corrected chi connectivity index (χ2v) is 6.40. The number of hydrogen-bond donors (Lipinski definition) is 1. The molecule has 0 saturated heterocycles. The Morgan fingerprint density at radius 1 is 1.24 bits per heavy atom. The summed E-state index contributed by atoms with van der Waals surface area (Å²) in [4.78, 5) is 12.5. The molecule has 0 amide bonds. The third-order valence-electron chi connectivity index (χ3n) is 4.26. The van der Waals surface area contributed by atoms with E-state index >= 15 is 0 Å². The van der Waals surface area contributed by atoms with E-state index in [4.69, 9.17) is 22.1 Å². The molecule has 2 heterocycles. The Balaban J connectivity index is 1.56. The predicted molar refractivity (Wildman–Crippen MR) is 99.2 cm³/mol. The van der Waals surface area contributed by atoms with E-state index in [0.717, 1.165) is 26.0 Å². The molecule has 132 valence electrons. The summed E-state index contributed by atoms with van der Waals surface area (Å²) < 4.78 is 7.85. The standard InChI is InChI=1S/C18H22ClN5O/c1-2-13(10-25-11-14-6-4-3-5-7-14)8-9-24-12-21-15-16(19)22-18(20)23-17(15)24/h3-7,12-13H,2,8-11H2,1H3,(H2,20,22,23). The van der Waals surface area contributed by atoms with E-state index < -0.39 is 0 Å². The van der Waals surface area contributed by atoms with Crippen molar-refractivity contribution in [2.45, 2.75) is 32.9 Å². The van der Waals surface area contributed by atoms with Gasteiger partial charge in [-0.15, -0.1) is 0 Å². The first kappa shape index (κ1) is 17.6. The van der Waals surface area contributed by atoms with Crippen LogP contribution in [0.15, 0.2) is 36.7 Å². The van der Waals surface area contributed by atoms with Gasteiger partial charge in [0.2, 0.25) is 5.95 Å². The Hall–Kier alpha value is -2.18. The molecule has 7 heteroatoms. The van der Waals surface area contributed by atoms with Gasteiger partial charge in [-0.05, 0) is 17.9 Å². The summed E-state index contributed by atoms with van der Waals surface area (Å²) in [6.45, 7) is 4.34. The fourth-order valence-electron chi connectivity index (χ4n) is 2.73. The van der Waals surface area contributed by atoms with Crippen molar-refractivity contribution in [2.24, 2.45) is 5.92 Å². The van der Waals surface area contributed by atoms with E-state index in [9.17, 15) is 0 Å². The van der Waals surface area contributed by atoms with Gasteiger partial charge in [-0.1, -0.05) is 55.3 Å². The maximum atomic E-state index is 6.07. The van der Waals surface area contributed by atoms with Gasteiger partial charge in [0.1, 0.15) is 5.52 Å². The van der Waals surface area contributed by atoms with E-state index in [0.29, 0.717) is 28.8 Å². The molecule has 3 rings (SSSR count). The van der Waals surface area contributed by atoms with Gasteiger partial charge >= 0.3 is 0 Å². The van der Waals surface area contributed by atoms with Crippen LogP contribution in [0.5, 0.6) is 0 Å². The summed E-state index contributed by atoms with van der Waals surface area (Å²) in [6.07, 6.45) is 3.76. The molecule has 0 radical (unpaired) electrons. The summed E-state index contributed by atoms with van der Waals surface area (Å²) in [5, 5.41) is 0.291. The first-order valence-electron chi connectivity index (χ1n) is 8.43. The zero-order valence-corrected chi connectivity index (χ0v) is 15.0. The average molecular weight is 360 g/mol. The highest BCUT2D eigenvalue weighted by Gasteiger charge is 2.13. The van der Waals surface area contributed by atoms with Gasteiger partial charge in [-0.2, -0.15) is 9.97 Å². The Morgan fingerprint density at radius 2 is 2.04 bits per heavy atom. The van der Waals surface area contributed by atoms with Gasteiger partial charge in [0.05, 0.1) is 12.9 Å². The molecule has 0 aliphatic carbocycles. The molecule has 0 spiro atoms. The van der Waals surface area contributed by atoms with E-state index in [2.05, 4.69) is 34.0 Å². The number of ether oxygens (including phenoxy) is 1. The van der Waals surface area contributed by atoms with Crippen molar-refractivity contribution in [3.05, 3.63) is 47.4 Å². The Labute approximate surface area is 152 Å². The molecule has 3 aromatic rings. The van der Waals surface area contributed by atoms with Gasteiger partial charge in [-0.3, -0.25) is 0 Å². The zero-order valence-electron chi connectivity index (χ0n) is 14.2. The molecule has 0 aliphatic rings. The van der Waals surface area contributed by atoms with Crippen molar-refractivity contribution in [3.8, 4) is 0 Å². The van der Waals surface area contributed by atoms with Gasteiger partial charge in [0.25, 0.3) is 0 Å². The van der Waals surface area contributed by atoms with Crippen LogP contribution in [-0.4, -0.2) is 26.1 Å². The topological polar surface area (TPSA) is 78.9 Å². The molecule has 2 N–H and O–H groups in total. The number of anilines is 1. The van der Waals surface area contributed by atoms with E-state index in [1.54, 1.807) is 6.33 Å². The van der Waals surface area contributed by atoms with Crippen LogP contribution in [-0.2, 0) is 17.9 Å². The number of aryl methyl sites for hydroxylation is 1. The molecular formula is C18H22ClN5O. The maximum Gasteiger partial charge on any atom is 0.223 e. The molecule has 0 aliphatic heterocycles. The van der Waals surface area contributed by atoms with Gasteiger partial charge < -0.3 is 15.0 Å². The number of nitrogen functional groups attached to an aromatic ring is 1. The number of halogens is 1. The normalized spacial score (nSPS) is 12.6. The SMILES string of the molecule is CCC(CCn1cnc2c(Cl)nc(N)nc21)COCc1ccccc1. The van der Waals surface area contributed by atoms with Crippen molar-refractivity contribution >= 4 is 28.7 Å². The fourth-order valence-corrected chi connectivity index (χ4v) is 2.95. The number of nitrogens with zero attached hydrogens (tertiary/aromatic N) is 4. The van der Waals surface area contributed by atoms with Crippen LogP contribution < -0.4 is 5.73 Å². The molecule has 1 atom stereocenters. The quantitative estimate of drug-likeness (QED) is 0.620. The number of rotatable bonds is 8. The number of fused-ring (bicyclic) bond motifs is 1. The maximum absolute atomic E-state index is 6.07. The summed E-state index contributed by atoms with van der Waals surface area (Å²) in [7, 11) is 0. The lowest BCUT2D eigenvalue weighted by atomic mass is 10.0. The lowest BCUT2D eigenvalue weighted by Crippen LogP contribution is -2.12. The first-order valence-corrected chi connectivity index (χ1v) is 8.80. The average Bonchev–Trinajstić information content (AvgIpc) is 3.02. The highest BCUT2D eigenvalue weighted by atomic mass is 35.5. The summed E-state index contributed by atoms with van der Waals surface area (Å²) in [5.41, 5.74) is 8.15. The fraction of sp³-hybridized carbons (Fsp3) is 0.389. The molecular weight excluding hydrogens is 338 g/mol. The molecule has 1 unspecified atom stereocenters. The third kappa shape index (κ3) is 4.46. The second kappa shape index (κ2) is 8.27. The van der Waals surface area contributed by atoms with Gasteiger partial charge in [0, 0.05) is 13.2 Å². The van der Waals surface area contributed by atoms with E-state index in [1.165, 1.54) is 5.56 Å². The van der Waals surface area contributed by atoms with Crippen molar-refractivity contribution in [2.75, 3.05) is 12.3 Å². The molecule has 0 bridgehead atoms. The predicted octanol–water partition coefficient (Wildman–Crippen LogP) is 3.70. The molecule has 2 aromatic heterocycles. The van der Waals surface area contributed by atoms with Crippen LogP contribution in [0.2, 0.25) is 5.15 Å². The number of aromatic nitrogens is 4. The van der Waals surface area contributed by atoms with Gasteiger partial charge in [-0.25, -0.2) is 4.98 Å². The van der Waals surface area contributed by atoms with Crippen LogP contribution in [0.4, 0.5) is 5.95 Å². The molecule has 1 aromatic carbocycles. The highest BCUT2D eigenvalue weighted by Crippen LogP contribution is 2.21. The lowest BCUT2D eigenvalue weighted by molar-refractivity contribution is 0.0813. The Kier molecular flexibility index (Phi) is 5.83. The van der Waals surface area contributed by atoms with Gasteiger partial charge in [0.15, 0.2) is 10.8 Å². The van der Waals surface area contributed by atoms with Crippen LogP contribution in [0.3, 0.4) is 0 Å². The summed E-state index contributed by atoms with van der Waals surface area (Å²) in [6, 6.07) is 10.2. The number of nitrogens with two attached hydrogens (primary N) is 1. The van der Waals surface area contributed by atoms with Crippen molar-refractivity contribution < 1.29 is 4.74 Å². The number of hydrogen-bond acceptors (Lipinski definition) is 5. The van der Waals surface area contributed by atoms with Crippen LogP contribution in [0, 0.1) is 5.92 Å². The first-order chi connectivity index (χ1) is 12.2. The highest BCUT2D eigenvalue weighted by molar-refractivity contribution is 6.33. The summed E-state index contributed by atoms with van der Waals surface area (Å²) >= 11 is 6.07. The van der Waals surface area contributed by atoms with Crippen molar-refractivity contribution in [1.29, 1.82) is 0 Å². The largest absolute Gasteiger partial charge is 0.376 e. The van der Waals surface area contributed by atoms with E-state index in [1.807, 2.05) is 22.8 Å². The molecule has 0 saturated carbocycles. The Morgan fingerprint density at radius 3 is 2.80 bits per heavy atom. The molecule has 25 heavy (non-hydrogen) atoms. The Bertz CT molecular complexity index is 821. The molecule has 6 nitrogen and oxygen atoms in total. The smallest absolute Gasteiger partial charge is 0.223 e. The third-order valence-corrected chi connectivity index (χ3v) is 4.52. The van der Waals surface area contributed by atoms with Crippen LogP contribution in [0.1, 0.15) is 25.3 Å². The second-order valence-electron chi connectivity index (χ2n) is 6.05. The number of imidazole rings is 1. The lowest BCUT2D eigenvalue weighted by Gasteiger charge is -2.15. The molecule has 0 fully saturated rings. The van der Waals surface area contributed by atoms with Crippen molar-refractivity contribution in [1.82, 2.24) is 19.5 Å². The number of benzene rings is 1. The minimum absolute atomic E-state index is 0.164. The summed E-state index contributed by atoms with van der Waals surface area (Å²) in [5.74, 6) is 0.633. The monoisotopic (exact) mass is 359 g/mol. The minimum atomic E-state index is 0.164. The van der Waals surface area contributed by atoms with Crippen LogP contribution in [0.25, 0.3) is 11.2 Å².